The minimum atomic E-state index is -0.136. The van der Waals surface area contributed by atoms with Crippen LogP contribution in [0.25, 0.3) is 21.6 Å². The van der Waals surface area contributed by atoms with Crippen LogP contribution in [0, 0.1) is 6.92 Å². The molecule has 0 aliphatic heterocycles. The topological polar surface area (TPSA) is 72.7 Å². The van der Waals surface area contributed by atoms with Gasteiger partial charge in [0.25, 0.3) is 0 Å². The highest BCUT2D eigenvalue weighted by molar-refractivity contribution is 7.99. The smallest absolute Gasteiger partial charge is 0.236 e. The molecule has 2 aromatic carbocycles. The van der Waals surface area contributed by atoms with Gasteiger partial charge >= 0.3 is 0 Å². The number of anilines is 1. The van der Waals surface area contributed by atoms with Gasteiger partial charge in [-0.1, -0.05) is 52.9 Å². The van der Waals surface area contributed by atoms with Crippen LogP contribution >= 0.6 is 34.7 Å². The second-order valence-corrected chi connectivity index (χ2v) is 8.55. The van der Waals surface area contributed by atoms with Gasteiger partial charge in [0.1, 0.15) is 0 Å². The number of amides is 1. The summed E-state index contributed by atoms with van der Waals surface area (Å²) in [6.07, 6.45) is 0. The monoisotopic (exact) mass is 429 g/mol. The van der Waals surface area contributed by atoms with Gasteiger partial charge in [-0.3, -0.25) is 4.79 Å². The van der Waals surface area contributed by atoms with Crippen molar-refractivity contribution in [2.75, 3.05) is 11.1 Å². The Morgan fingerprint density at radius 1 is 1.25 bits per heavy atom. The van der Waals surface area contributed by atoms with Gasteiger partial charge in [-0.15, -0.1) is 10.2 Å². The Morgan fingerprint density at radius 3 is 2.89 bits per heavy atom. The molecule has 0 unspecified atom stereocenters. The van der Waals surface area contributed by atoms with E-state index in [9.17, 15) is 4.79 Å². The van der Waals surface area contributed by atoms with E-state index in [1.807, 2.05) is 54.9 Å². The number of carbonyl (C=O) groups is 1. The maximum Gasteiger partial charge on any atom is 0.236 e. The summed E-state index contributed by atoms with van der Waals surface area (Å²) in [5, 5.41) is 13.1. The lowest BCUT2D eigenvalue weighted by molar-refractivity contribution is -0.113. The second-order valence-electron chi connectivity index (χ2n) is 6.17. The molecule has 0 radical (unpaired) electrons. The van der Waals surface area contributed by atoms with E-state index in [0.717, 1.165) is 15.8 Å². The Bertz CT molecular complexity index is 1170. The molecule has 6 nitrogen and oxygen atoms in total. The number of rotatable bonds is 5. The van der Waals surface area contributed by atoms with Gasteiger partial charge in [-0.25, -0.2) is 4.98 Å². The van der Waals surface area contributed by atoms with Crippen LogP contribution in [0.1, 0.15) is 5.56 Å². The number of carbonyl (C=O) groups excluding carboxylic acids is 1. The van der Waals surface area contributed by atoms with Crippen LogP contribution in [-0.4, -0.2) is 31.4 Å². The second kappa shape index (κ2) is 7.90. The van der Waals surface area contributed by atoms with Gasteiger partial charge in [-0.05, 0) is 36.8 Å². The molecule has 0 atom stereocenters. The molecule has 0 bridgehead atoms. The average molecular weight is 430 g/mol. The number of hydrogen-bond donors (Lipinski definition) is 1. The number of thiazole rings is 1. The molecule has 142 valence electrons. The largest absolute Gasteiger partial charge is 0.305 e. The third-order valence-electron chi connectivity index (χ3n) is 4.07. The Balaban J connectivity index is 1.43. The number of benzene rings is 2. The highest BCUT2D eigenvalue weighted by Gasteiger charge is 2.15. The van der Waals surface area contributed by atoms with Crippen molar-refractivity contribution in [3.8, 4) is 11.4 Å². The van der Waals surface area contributed by atoms with Gasteiger partial charge < -0.3 is 9.88 Å². The Hall–Kier alpha value is -2.42. The van der Waals surface area contributed by atoms with Crippen LogP contribution in [0.15, 0.2) is 47.6 Å². The first-order valence-corrected chi connectivity index (χ1v) is 10.6. The zero-order valence-corrected chi connectivity index (χ0v) is 17.5. The molecule has 4 rings (SSSR count). The molecule has 2 heterocycles. The lowest BCUT2D eigenvalue weighted by Crippen LogP contribution is -2.14. The summed E-state index contributed by atoms with van der Waals surface area (Å²) in [7, 11) is 1.86. The number of nitrogens with zero attached hydrogens (tertiary/aromatic N) is 4. The van der Waals surface area contributed by atoms with Gasteiger partial charge in [0.05, 0.1) is 21.0 Å². The van der Waals surface area contributed by atoms with Gasteiger partial charge in [-0.2, -0.15) is 0 Å². The van der Waals surface area contributed by atoms with Crippen molar-refractivity contribution in [3.63, 3.8) is 0 Å². The maximum absolute atomic E-state index is 12.3. The quantitative estimate of drug-likeness (QED) is 0.462. The lowest BCUT2D eigenvalue weighted by atomic mass is 10.2. The van der Waals surface area contributed by atoms with Crippen molar-refractivity contribution in [3.05, 3.63) is 53.1 Å². The molecule has 0 spiro atoms. The maximum atomic E-state index is 12.3. The minimum Gasteiger partial charge on any atom is -0.305 e. The summed E-state index contributed by atoms with van der Waals surface area (Å²) in [4.78, 5) is 16.8. The normalized spacial score (nSPS) is 11.1. The highest BCUT2D eigenvalue weighted by atomic mass is 35.5. The van der Waals surface area contributed by atoms with Crippen LogP contribution < -0.4 is 5.32 Å². The molecule has 1 N–H and O–H groups in total. The van der Waals surface area contributed by atoms with Crippen molar-refractivity contribution in [2.24, 2.45) is 7.05 Å². The van der Waals surface area contributed by atoms with Crippen LogP contribution in [0.3, 0.4) is 0 Å². The van der Waals surface area contributed by atoms with Crippen molar-refractivity contribution in [2.45, 2.75) is 12.1 Å². The molecule has 0 aliphatic carbocycles. The summed E-state index contributed by atoms with van der Waals surface area (Å²) < 4.78 is 2.89. The van der Waals surface area contributed by atoms with Crippen molar-refractivity contribution in [1.29, 1.82) is 0 Å². The van der Waals surface area contributed by atoms with E-state index in [0.29, 0.717) is 21.1 Å². The average Bonchev–Trinajstić information content (AvgIpc) is 3.23. The number of fused-ring (bicyclic) bond motifs is 1. The van der Waals surface area contributed by atoms with E-state index in [1.165, 1.54) is 28.7 Å². The number of aryl methyl sites for hydroxylation is 1. The van der Waals surface area contributed by atoms with Crippen molar-refractivity contribution >= 4 is 56.0 Å². The molecule has 28 heavy (non-hydrogen) atoms. The predicted octanol–water partition coefficient (Wildman–Crippen LogP) is 4.78. The molecule has 0 fully saturated rings. The van der Waals surface area contributed by atoms with Gasteiger partial charge in [0.2, 0.25) is 5.91 Å². The fraction of sp³-hybridized carbons (Fsp3) is 0.158. The standard InChI is InChI=1S/C19H16ClN5OS2/c1-11-7-8-14-15(9-11)28-18(21-14)22-16(26)10-27-19-24-23-17(25(19)2)12-5-3-4-6-13(12)20/h3-9H,10H2,1-2H3,(H,21,22,26). The fourth-order valence-corrected chi connectivity index (χ4v) is 4.60. The summed E-state index contributed by atoms with van der Waals surface area (Å²) >= 11 is 9.03. The molecule has 4 aromatic rings. The molecule has 0 aliphatic rings. The summed E-state index contributed by atoms with van der Waals surface area (Å²) in [5.41, 5.74) is 2.86. The van der Waals surface area contributed by atoms with E-state index in [4.69, 9.17) is 11.6 Å². The Morgan fingerprint density at radius 2 is 2.07 bits per heavy atom. The van der Waals surface area contributed by atoms with E-state index >= 15 is 0 Å². The number of halogens is 1. The van der Waals surface area contributed by atoms with Crippen LogP contribution in [0.5, 0.6) is 0 Å². The lowest BCUT2D eigenvalue weighted by Gasteiger charge is -2.05. The molecular weight excluding hydrogens is 414 g/mol. The molecule has 0 saturated heterocycles. The zero-order chi connectivity index (χ0) is 19.7. The molecule has 1 amide bonds. The third kappa shape index (κ3) is 3.89. The SMILES string of the molecule is Cc1ccc2nc(NC(=O)CSc3nnc(-c4ccccc4Cl)n3C)sc2c1. The minimum absolute atomic E-state index is 0.136. The third-order valence-corrected chi connectivity index (χ3v) is 6.36. The van der Waals surface area contributed by atoms with E-state index in [2.05, 4.69) is 26.6 Å². The molecular formula is C19H16ClN5OS2. The van der Waals surface area contributed by atoms with Crippen molar-refractivity contribution in [1.82, 2.24) is 19.7 Å². The number of nitrogens with one attached hydrogen (secondary N) is 1. The molecule has 2 aromatic heterocycles. The molecule has 0 saturated carbocycles. The number of aromatic nitrogens is 4. The van der Waals surface area contributed by atoms with Crippen LogP contribution in [0.4, 0.5) is 5.13 Å². The van der Waals surface area contributed by atoms with E-state index < -0.39 is 0 Å². The number of hydrogen-bond acceptors (Lipinski definition) is 6. The predicted molar refractivity (Wildman–Crippen MR) is 115 cm³/mol. The van der Waals surface area contributed by atoms with Gasteiger partial charge in [0, 0.05) is 12.6 Å². The van der Waals surface area contributed by atoms with Crippen LogP contribution in [-0.2, 0) is 11.8 Å². The fourth-order valence-electron chi connectivity index (χ4n) is 2.69. The first-order valence-electron chi connectivity index (χ1n) is 8.45. The Labute approximate surface area is 175 Å². The van der Waals surface area contributed by atoms with E-state index in [-0.39, 0.29) is 11.7 Å². The number of thioether (sulfide) groups is 1. The first kappa shape index (κ1) is 18.9. The summed E-state index contributed by atoms with van der Waals surface area (Å²) in [6.45, 7) is 2.03. The Kier molecular flexibility index (Phi) is 5.34. The summed E-state index contributed by atoms with van der Waals surface area (Å²) in [6, 6.07) is 13.5. The highest BCUT2D eigenvalue weighted by Crippen LogP contribution is 2.29. The van der Waals surface area contributed by atoms with Crippen LogP contribution in [0.2, 0.25) is 5.02 Å². The molecule has 9 heteroatoms. The zero-order valence-electron chi connectivity index (χ0n) is 15.1. The van der Waals surface area contributed by atoms with Gasteiger partial charge in [0.15, 0.2) is 16.1 Å². The first-order chi connectivity index (χ1) is 13.5. The van der Waals surface area contributed by atoms with E-state index in [1.54, 1.807) is 0 Å². The summed E-state index contributed by atoms with van der Waals surface area (Å²) in [5.74, 6) is 0.738. The van der Waals surface area contributed by atoms with Crippen molar-refractivity contribution < 1.29 is 4.79 Å².